The number of nitrogens with two attached hydrogens (primary N) is 1. The van der Waals surface area contributed by atoms with Crippen LogP contribution in [0.5, 0.6) is 0 Å². The molecule has 16 heavy (non-hydrogen) atoms. The maximum atomic E-state index is 6.04. The van der Waals surface area contributed by atoms with Gasteiger partial charge in [-0.3, -0.25) is 0 Å². The normalized spacial score (nSPS) is 24.5. The molecule has 0 aromatic heterocycles. The van der Waals surface area contributed by atoms with Gasteiger partial charge in [0.05, 0.1) is 0 Å². The molecule has 1 aromatic rings. The van der Waals surface area contributed by atoms with E-state index in [0.717, 1.165) is 12.5 Å². The lowest BCUT2D eigenvalue weighted by molar-refractivity contribution is 0.204. The molecule has 1 unspecified atom stereocenters. The largest absolute Gasteiger partial charge is 0.330 e. The third-order valence-electron chi connectivity index (χ3n) is 3.88. The molecular weight excluding hydrogens is 194 g/mol. The Labute approximate surface area is 99.0 Å². The van der Waals surface area contributed by atoms with Crippen LogP contribution in [0.15, 0.2) is 24.3 Å². The van der Waals surface area contributed by atoms with Crippen molar-refractivity contribution < 1.29 is 0 Å². The summed E-state index contributed by atoms with van der Waals surface area (Å²) in [5, 5.41) is 0. The minimum Gasteiger partial charge on any atom is -0.330 e. The highest BCUT2D eigenvalue weighted by atomic mass is 14.6. The minimum atomic E-state index is 0.364. The monoisotopic (exact) mass is 217 g/mol. The topological polar surface area (TPSA) is 26.0 Å². The number of fused-ring (bicyclic) bond motifs is 1. The smallest absolute Gasteiger partial charge is 0.00171 e. The van der Waals surface area contributed by atoms with Gasteiger partial charge in [0.15, 0.2) is 0 Å². The second-order valence-electron chi connectivity index (χ2n) is 5.75. The summed E-state index contributed by atoms with van der Waals surface area (Å²) in [6.07, 6.45) is 4.91. The molecule has 88 valence electrons. The number of benzene rings is 1. The van der Waals surface area contributed by atoms with Gasteiger partial charge < -0.3 is 5.73 Å². The first-order valence-corrected chi connectivity index (χ1v) is 6.42. The predicted molar refractivity (Wildman–Crippen MR) is 69.4 cm³/mol. The minimum absolute atomic E-state index is 0.364. The Kier molecular flexibility index (Phi) is 3.34. The maximum absolute atomic E-state index is 6.04. The molecule has 0 fully saturated rings. The van der Waals surface area contributed by atoms with Gasteiger partial charge in [-0.05, 0) is 54.7 Å². The van der Waals surface area contributed by atoms with Crippen molar-refractivity contribution in [2.45, 2.75) is 39.5 Å². The maximum Gasteiger partial charge on any atom is -0.00171 e. The van der Waals surface area contributed by atoms with Crippen LogP contribution in [-0.4, -0.2) is 6.54 Å². The second-order valence-corrected chi connectivity index (χ2v) is 5.75. The zero-order valence-corrected chi connectivity index (χ0v) is 10.5. The van der Waals surface area contributed by atoms with Crippen LogP contribution in [0.3, 0.4) is 0 Å². The second kappa shape index (κ2) is 4.58. The van der Waals surface area contributed by atoms with Gasteiger partial charge in [0.1, 0.15) is 0 Å². The van der Waals surface area contributed by atoms with Gasteiger partial charge in [0.25, 0.3) is 0 Å². The summed E-state index contributed by atoms with van der Waals surface area (Å²) < 4.78 is 0. The van der Waals surface area contributed by atoms with Gasteiger partial charge >= 0.3 is 0 Å². The first-order chi connectivity index (χ1) is 7.65. The summed E-state index contributed by atoms with van der Waals surface area (Å²) in [7, 11) is 0. The quantitative estimate of drug-likeness (QED) is 0.827. The molecular formula is C15H23N. The Bertz CT molecular complexity index is 356. The van der Waals surface area contributed by atoms with Gasteiger partial charge in [-0.25, -0.2) is 0 Å². The van der Waals surface area contributed by atoms with Crippen LogP contribution in [0.25, 0.3) is 0 Å². The van der Waals surface area contributed by atoms with E-state index in [4.69, 9.17) is 5.73 Å². The fourth-order valence-corrected chi connectivity index (χ4v) is 3.16. The fraction of sp³-hybridized carbons (Fsp3) is 0.600. The molecule has 0 bridgehead atoms. The van der Waals surface area contributed by atoms with E-state index in [-0.39, 0.29) is 0 Å². The van der Waals surface area contributed by atoms with Crippen LogP contribution >= 0.6 is 0 Å². The lowest BCUT2D eigenvalue weighted by atomic mass is 9.67. The molecule has 1 atom stereocenters. The standard InChI is InChI=1S/C15H23N/c1-12(2)9-15(11-16)8-7-13-5-3-4-6-14(13)10-15/h3-6,12H,7-11,16H2,1-2H3. The highest BCUT2D eigenvalue weighted by molar-refractivity contribution is 5.31. The number of aryl methyl sites for hydroxylation is 1. The van der Waals surface area contributed by atoms with Crippen molar-refractivity contribution in [2.24, 2.45) is 17.1 Å². The van der Waals surface area contributed by atoms with Crippen molar-refractivity contribution in [1.82, 2.24) is 0 Å². The Hall–Kier alpha value is -0.820. The van der Waals surface area contributed by atoms with Crippen LogP contribution < -0.4 is 5.73 Å². The number of rotatable bonds is 3. The third kappa shape index (κ3) is 2.30. The molecule has 0 spiro atoms. The van der Waals surface area contributed by atoms with Crippen molar-refractivity contribution >= 4 is 0 Å². The molecule has 0 heterocycles. The van der Waals surface area contributed by atoms with E-state index in [1.54, 1.807) is 0 Å². The van der Waals surface area contributed by atoms with Crippen LogP contribution in [-0.2, 0) is 12.8 Å². The molecule has 0 saturated carbocycles. The zero-order chi connectivity index (χ0) is 11.6. The molecule has 2 rings (SSSR count). The van der Waals surface area contributed by atoms with E-state index in [1.165, 1.54) is 36.8 Å². The van der Waals surface area contributed by atoms with Crippen molar-refractivity contribution in [3.63, 3.8) is 0 Å². The van der Waals surface area contributed by atoms with Crippen LogP contribution in [0.2, 0.25) is 0 Å². The Morgan fingerprint density at radius 1 is 1.25 bits per heavy atom. The molecule has 1 aromatic carbocycles. The molecule has 1 aliphatic carbocycles. The van der Waals surface area contributed by atoms with Crippen LogP contribution in [0.1, 0.15) is 37.8 Å². The van der Waals surface area contributed by atoms with Crippen molar-refractivity contribution in [3.05, 3.63) is 35.4 Å². The molecule has 2 N–H and O–H groups in total. The summed E-state index contributed by atoms with van der Waals surface area (Å²) in [5.74, 6) is 0.744. The molecule has 1 aliphatic rings. The van der Waals surface area contributed by atoms with Gasteiger partial charge in [0, 0.05) is 0 Å². The lowest BCUT2D eigenvalue weighted by Crippen LogP contribution is -2.37. The van der Waals surface area contributed by atoms with Crippen molar-refractivity contribution in [3.8, 4) is 0 Å². The van der Waals surface area contributed by atoms with Crippen molar-refractivity contribution in [2.75, 3.05) is 6.54 Å². The first-order valence-electron chi connectivity index (χ1n) is 6.42. The average molecular weight is 217 g/mol. The molecule has 1 heteroatoms. The van der Waals surface area contributed by atoms with E-state index >= 15 is 0 Å². The third-order valence-corrected chi connectivity index (χ3v) is 3.88. The fourth-order valence-electron chi connectivity index (χ4n) is 3.16. The highest BCUT2D eigenvalue weighted by Crippen LogP contribution is 2.39. The summed E-state index contributed by atoms with van der Waals surface area (Å²) in [6.45, 7) is 5.44. The predicted octanol–water partition coefficient (Wildman–Crippen LogP) is 3.17. The van der Waals surface area contributed by atoms with E-state index < -0.39 is 0 Å². The highest BCUT2D eigenvalue weighted by Gasteiger charge is 2.33. The van der Waals surface area contributed by atoms with Crippen LogP contribution in [0.4, 0.5) is 0 Å². The molecule has 1 nitrogen and oxygen atoms in total. The van der Waals surface area contributed by atoms with Gasteiger partial charge in [-0.1, -0.05) is 38.1 Å². The lowest BCUT2D eigenvalue weighted by Gasteiger charge is -2.38. The van der Waals surface area contributed by atoms with E-state index in [1.807, 2.05) is 0 Å². The van der Waals surface area contributed by atoms with Crippen LogP contribution in [0, 0.1) is 11.3 Å². The summed E-state index contributed by atoms with van der Waals surface area (Å²) >= 11 is 0. The zero-order valence-electron chi connectivity index (χ0n) is 10.5. The Balaban J connectivity index is 2.21. The summed E-state index contributed by atoms with van der Waals surface area (Å²) in [5.41, 5.74) is 9.47. The Morgan fingerprint density at radius 2 is 1.94 bits per heavy atom. The number of hydrogen-bond acceptors (Lipinski definition) is 1. The molecule has 0 radical (unpaired) electrons. The van der Waals surface area contributed by atoms with E-state index in [0.29, 0.717) is 5.41 Å². The summed E-state index contributed by atoms with van der Waals surface area (Å²) in [4.78, 5) is 0. The van der Waals surface area contributed by atoms with Crippen molar-refractivity contribution in [1.29, 1.82) is 0 Å². The molecule has 0 amide bonds. The Morgan fingerprint density at radius 3 is 2.56 bits per heavy atom. The molecule has 0 aliphatic heterocycles. The van der Waals surface area contributed by atoms with Gasteiger partial charge in [-0.2, -0.15) is 0 Å². The average Bonchev–Trinajstić information content (AvgIpc) is 2.28. The van der Waals surface area contributed by atoms with E-state index in [9.17, 15) is 0 Å². The summed E-state index contributed by atoms with van der Waals surface area (Å²) in [6, 6.07) is 8.85. The van der Waals surface area contributed by atoms with E-state index in [2.05, 4.69) is 38.1 Å². The first kappa shape index (κ1) is 11.7. The molecule has 0 saturated heterocycles. The SMILES string of the molecule is CC(C)CC1(CN)CCc2ccccc2C1. The number of hydrogen-bond donors (Lipinski definition) is 1. The van der Waals surface area contributed by atoms with Gasteiger partial charge in [0.2, 0.25) is 0 Å². The van der Waals surface area contributed by atoms with Gasteiger partial charge in [-0.15, -0.1) is 0 Å².